The topological polar surface area (TPSA) is 121 Å². The molecule has 2 amide bonds. The maximum absolute atomic E-state index is 15.6. The van der Waals surface area contributed by atoms with Crippen molar-refractivity contribution >= 4 is 69.5 Å². The Morgan fingerprint density at radius 1 is 0.333 bits per heavy atom. The smallest absolute Gasteiger partial charge is 0.265 e. The molecular formula is C76H70N4O10. The van der Waals surface area contributed by atoms with Gasteiger partial charge in [0.2, 0.25) is 0 Å². The van der Waals surface area contributed by atoms with Crippen molar-refractivity contribution in [1.82, 2.24) is 9.80 Å². The van der Waals surface area contributed by atoms with Crippen molar-refractivity contribution in [1.29, 1.82) is 0 Å². The molecule has 14 rings (SSSR count). The second kappa shape index (κ2) is 23.3. The van der Waals surface area contributed by atoms with Crippen LogP contribution in [-0.4, -0.2) is 105 Å². The van der Waals surface area contributed by atoms with E-state index in [2.05, 4.69) is 119 Å². The van der Waals surface area contributed by atoms with Gasteiger partial charge < -0.3 is 47.7 Å². The Labute approximate surface area is 525 Å². The summed E-state index contributed by atoms with van der Waals surface area (Å²) in [6.45, 7) is 1.88. The van der Waals surface area contributed by atoms with E-state index in [1.54, 1.807) is 66.7 Å². The zero-order valence-electron chi connectivity index (χ0n) is 51.8. The van der Waals surface area contributed by atoms with Crippen LogP contribution in [0.3, 0.4) is 0 Å². The van der Waals surface area contributed by atoms with Gasteiger partial charge in [-0.2, -0.15) is 0 Å². The van der Waals surface area contributed by atoms with Crippen molar-refractivity contribution in [3.63, 3.8) is 0 Å². The van der Waals surface area contributed by atoms with Gasteiger partial charge >= 0.3 is 0 Å². The molecule has 0 N–H and O–H groups in total. The van der Waals surface area contributed by atoms with Crippen LogP contribution >= 0.6 is 0 Å². The minimum atomic E-state index is -0.603. The number of nitrogens with zero attached hydrogens (tertiary/aromatic N) is 4. The summed E-state index contributed by atoms with van der Waals surface area (Å²) in [5.74, 6) is 2.54. The molecule has 14 nitrogen and oxygen atoms in total. The largest absolute Gasteiger partial charge is 0.497 e. The van der Waals surface area contributed by atoms with E-state index in [0.29, 0.717) is 74.7 Å². The van der Waals surface area contributed by atoms with Crippen LogP contribution in [0.15, 0.2) is 181 Å². The lowest BCUT2D eigenvalue weighted by molar-refractivity contribution is -0.122. The van der Waals surface area contributed by atoms with Crippen molar-refractivity contribution in [3.8, 4) is 45.3 Å². The highest BCUT2D eigenvalue weighted by molar-refractivity contribution is 6.32. The van der Waals surface area contributed by atoms with Crippen molar-refractivity contribution in [3.05, 3.63) is 226 Å². The lowest BCUT2D eigenvalue weighted by Crippen LogP contribution is -2.30. The molecule has 0 unspecified atom stereocenters. The fraction of sp³-hybridized carbons (Fsp3) is 0.237. The monoisotopic (exact) mass is 1200 g/mol. The summed E-state index contributed by atoms with van der Waals surface area (Å²) in [6.07, 6.45) is 10.3. The molecule has 8 aromatic carbocycles. The number of hydrogen-bond acceptors (Lipinski definition) is 12. The predicted octanol–water partition coefficient (Wildman–Crippen LogP) is 15.1. The highest BCUT2D eigenvalue weighted by Gasteiger charge is 2.53. The van der Waals surface area contributed by atoms with Gasteiger partial charge in [-0.3, -0.25) is 19.4 Å². The highest BCUT2D eigenvalue weighted by atomic mass is 16.5. The first kappa shape index (κ1) is 58.0. The SMILES string of the molecule is COCCC1(CCOC)c2cc(N(c3ccc(OC)cc3)c3ccc(OC)cc3)ccc2-c2cc3c(cc21)C1=C2C(=O)N4C=Cc5cc6c(cc5C4=C2C(=O)N1C=C3)C(CCOC)(CCOC)c1cc(N(c2ccc(OC)cc2)c2ccc(OC)cc2)ccc1-6. The summed E-state index contributed by atoms with van der Waals surface area (Å²) in [7, 11) is 13.7. The second-order valence-corrected chi connectivity index (χ2v) is 23.5. The molecular weight excluding hydrogens is 1130 g/mol. The molecule has 6 aliphatic rings. The number of benzene rings is 8. The van der Waals surface area contributed by atoms with Crippen LogP contribution in [0.25, 0.3) is 45.8 Å². The average molecular weight is 1200 g/mol. The summed E-state index contributed by atoms with van der Waals surface area (Å²) < 4.78 is 46.3. The standard InChI is InChI=1S/C76H70N4O10/c1-83-37-31-75(32-38-84-2)65-43-53(79(49-9-19-55(87-5)20-10-49)50-11-21-56(88-6)22-12-50)17-27-59(65)63-41-47-29-35-77-71(61(47)45-67(63)75)69-70(74(77)82)72-62-46-68-64(42-48(62)30-36-78(72)73(69)81)60-28-18-54(44-66(60)76(68,33-39-85-3)34-40-86-4)80(51-13-23-57(89-7)24-14-51)52-15-25-58(90-8)26-16-52/h9-30,35-36,41-46H,31-34,37-40H2,1-8H3. The summed E-state index contributed by atoms with van der Waals surface area (Å²) in [5.41, 5.74) is 18.8. The lowest BCUT2D eigenvalue weighted by atomic mass is 9.72. The summed E-state index contributed by atoms with van der Waals surface area (Å²) in [5, 5.41) is 0. The number of anilines is 6. The van der Waals surface area contributed by atoms with Gasteiger partial charge in [0, 0.05) is 123 Å². The molecule has 90 heavy (non-hydrogen) atoms. The van der Waals surface area contributed by atoms with Crippen LogP contribution < -0.4 is 28.7 Å². The second-order valence-electron chi connectivity index (χ2n) is 23.5. The first-order chi connectivity index (χ1) is 44.0. The fourth-order valence-corrected chi connectivity index (χ4v) is 14.8. The Balaban J connectivity index is 0.908. The van der Waals surface area contributed by atoms with Crippen LogP contribution in [0.5, 0.6) is 23.0 Å². The molecule has 0 aromatic heterocycles. The third-order valence-corrected chi connectivity index (χ3v) is 19.2. The van der Waals surface area contributed by atoms with Gasteiger partial charge in [-0.25, -0.2) is 0 Å². The van der Waals surface area contributed by atoms with Crippen LogP contribution in [-0.2, 0) is 39.4 Å². The average Bonchev–Trinajstić information content (AvgIpc) is 1.54. The third-order valence-electron chi connectivity index (χ3n) is 19.2. The van der Waals surface area contributed by atoms with E-state index in [-0.39, 0.29) is 11.8 Å². The van der Waals surface area contributed by atoms with Crippen LogP contribution in [0.4, 0.5) is 34.1 Å². The van der Waals surface area contributed by atoms with Crippen molar-refractivity contribution < 1.29 is 47.5 Å². The predicted molar refractivity (Wildman–Crippen MR) is 352 cm³/mol. The minimum absolute atomic E-state index is 0.250. The van der Waals surface area contributed by atoms with Crippen LogP contribution in [0.2, 0.25) is 0 Å². The fourth-order valence-electron chi connectivity index (χ4n) is 14.8. The van der Waals surface area contributed by atoms with Gasteiger partial charge in [-0.1, -0.05) is 12.1 Å². The van der Waals surface area contributed by atoms with Gasteiger partial charge in [0.25, 0.3) is 11.8 Å². The van der Waals surface area contributed by atoms with E-state index in [9.17, 15) is 0 Å². The summed E-state index contributed by atoms with van der Waals surface area (Å²) in [4.78, 5) is 39.0. The minimum Gasteiger partial charge on any atom is -0.497 e. The van der Waals surface area contributed by atoms with Gasteiger partial charge in [0.15, 0.2) is 0 Å². The normalized spacial score (nSPS) is 15.4. The Bertz CT molecular complexity index is 3910. The number of rotatable bonds is 22. The van der Waals surface area contributed by atoms with Crippen LogP contribution in [0.1, 0.15) is 70.2 Å². The first-order valence-corrected chi connectivity index (χ1v) is 30.4. The van der Waals surface area contributed by atoms with E-state index in [1.807, 2.05) is 73.1 Å². The molecule has 8 aromatic rings. The number of fused-ring (bicyclic) bond motifs is 13. The van der Waals surface area contributed by atoms with Gasteiger partial charge in [-0.05, 0) is 239 Å². The molecule has 0 saturated carbocycles. The summed E-state index contributed by atoms with van der Waals surface area (Å²) >= 11 is 0. The maximum Gasteiger partial charge on any atom is 0.265 e. The first-order valence-electron chi connectivity index (χ1n) is 30.4. The molecule has 0 saturated heterocycles. The number of carbonyl (C=O) groups excluding carboxylic acids is 2. The highest BCUT2D eigenvalue weighted by Crippen LogP contribution is 2.60. The molecule has 14 heteroatoms. The molecule has 0 atom stereocenters. The van der Waals surface area contributed by atoms with Crippen LogP contribution in [0, 0.1) is 0 Å². The van der Waals surface area contributed by atoms with E-state index < -0.39 is 10.8 Å². The molecule has 454 valence electrons. The molecule has 4 heterocycles. The Hall–Kier alpha value is -9.70. The Kier molecular flexibility index (Phi) is 15.0. The van der Waals surface area contributed by atoms with E-state index in [0.717, 1.165) is 124 Å². The number of methoxy groups -OCH3 is 8. The lowest BCUT2D eigenvalue weighted by Gasteiger charge is -2.34. The molecule has 0 bridgehead atoms. The number of amides is 2. The van der Waals surface area contributed by atoms with Gasteiger partial charge in [0.05, 0.1) is 51.0 Å². The quantitative estimate of drug-likeness (QED) is 0.0642. The zero-order chi connectivity index (χ0) is 62.0. The third kappa shape index (κ3) is 9.14. The maximum atomic E-state index is 15.6. The molecule has 0 spiro atoms. The molecule has 0 fully saturated rings. The van der Waals surface area contributed by atoms with E-state index in [4.69, 9.17) is 37.9 Å². The van der Waals surface area contributed by atoms with Gasteiger partial charge in [0.1, 0.15) is 23.0 Å². The summed E-state index contributed by atoms with van der Waals surface area (Å²) in [6, 6.07) is 54.8. The van der Waals surface area contributed by atoms with E-state index in [1.165, 1.54) is 0 Å². The molecule has 0 radical (unpaired) electrons. The van der Waals surface area contributed by atoms with E-state index >= 15 is 9.59 Å². The zero-order valence-corrected chi connectivity index (χ0v) is 51.8. The van der Waals surface area contributed by atoms with Gasteiger partial charge in [-0.15, -0.1) is 0 Å². The Morgan fingerprint density at radius 3 is 0.911 bits per heavy atom. The number of hydrogen-bond donors (Lipinski definition) is 0. The Morgan fingerprint density at radius 2 is 0.622 bits per heavy atom. The van der Waals surface area contributed by atoms with Crippen molar-refractivity contribution in [2.75, 3.05) is 93.1 Å². The number of ether oxygens (including phenoxy) is 8. The van der Waals surface area contributed by atoms with Crippen molar-refractivity contribution in [2.45, 2.75) is 36.5 Å². The number of carbonyl (C=O) groups is 2. The molecule has 4 aliphatic heterocycles. The van der Waals surface area contributed by atoms with Crippen molar-refractivity contribution in [2.24, 2.45) is 0 Å². The molecule has 2 aliphatic carbocycles.